The van der Waals surface area contributed by atoms with E-state index in [2.05, 4.69) is 31.0 Å². The molecule has 1 heterocycles. The number of carbonyl (C=O) groups excluding carboxylic acids is 1. The van der Waals surface area contributed by atoms with Crippen LogP contribution < -0.4 is 14.8 Å². The topological polar surface area (TPSA) is 118 Å². The van der Waals surface area contributed by atoms with Crippen molar-refractivity contribution in [2.24, 2.45) is 0 Å². The molecule has 156 valence electrons. The molecule has 2 aromatic carbocycles. The minimum atomic E-state index is -3.92. The number of nitrogens with one attached hydrogen (secondary N) is 2. The summed E-state index contributed by atoms with van der Waals surface area (Å²) in [6, 6.07) is 13.5. The molecule has 3 rings (SSSR count). The molecule has 10 heteroatoms. The molecule has 0 aliphatic heterocycles. The first kappa shape index (κ1) is 21.6. The van der Waals surface area contributed by atoms with Crippen molar-refractivity contribution in [3.8, 4) is 11.5 Å². The second-order valence-electron chi connectivity index (χ2n) is 6.03. The van der Waals surface area contributed by atoms with Gasteiger partial charge in [0.15, 0.2) is 11.6 Å². The molecule has 1 amide bonds. The van der Waals surface area contributed by atoms with Crippen LogP contribution >= 0.6 is 15.9 Å². The van der Waals surface area contributed by atoms with Crippen molar-refractivity contribution >= 4 is 43.4 Å². The van der Waals surface area contributed by atoms with E-state index < -0.39 is 15.9 Å². The Morgan fingerprint density at radius 3 is 2.57 bits per heavy atom. The van der Waals surface area contributed by atoms with Gasteiger partial charge in [-0.1, -0.05) is 15.9 Å². The first-order chi connectivity index (χ1) is 14.3. The number of anilines is 2. The highest BCUT2D eigenvalue weighted by molar-refractivity contribution is 9.10. The zero-order valence-electron chi connectivity index (χ0n) is 15.8. The summed E-state index contributed by atoms with van der Waals surface area (Å²) in [6.45, 7) is 2.08. The van der Waals surface area contributed by atoms with Gasteiger partial charge in [-0.15, -0.1) is 0 Å². The van der Waals surface area contributed by atoms with Crippen LogP contribution in [-0.4, -0.2) is 31.0 Å². The normalized spacial score (nSPS) is 11.0. The van der Waals surface area contributed by atoms with Crippen molar-refractivity contribution in [2.45, 2.75) is 11.8 Å². The Morgan fingerprint density at radius 2 is 1.90 bits per heavy atom. The summed E-state index contributed by atoms with van der Waals surface area (Å²) in [5, 5.41) is 12.2. The van der Waals surface area contributed by atoms with Crippen LogP contribution in [0.3, 0.4) is 0 Å². The zero-order chi connectivity index (χ0) is 21.7. The number of ether oxygens (including phenoxy) is 1. The Kier molecular flexibility index (Phi) is 6.58. The van der Waals surface area contributed by atoms with E-state index in [1.165, 1.54) is 48.7 Å². The molecule has 8 nitrogen and oxygen atoms in total. The van der Waals surface area contributed by atoms with Crippen molar-refractivity contribution in [1.82, 2.24) is 4.98 Å². The maximum absolute atomic E-state index is 12.8. The van der Waals surface area contributed by atoms with Crippen LogP contribution in [0.5, 0.6) is 11.5 Å². The molecule has 0 unspecified atom stereocenters. The smallest absolute Gasteiger partial charge is 0.265 e. The Bertz CT molecular complexity index is 1170. The molecule has 0 aliphatic carbocycles. The predicted octanol–water partition coefficient (Wildman–Crippen LogP) is 4.00. The number of aromatic nitrogens is 1. The summed E-state index contributed by atoms with van der Waals surface area (Å²) in [4.78, 5) is 16.2. The lowest BCUT2D eigenvalue weighted by Crippen LogP contribution is -2.15. The van der Waals surface area contributed by atoms with Crippen molar-refractivity contribution < 1.29 is 23.1 Å². The van der Waals surface area contributed by atoms with Crippen LogP contribution in [0.4, 0.5) is 11.5 Å². The zero-order valence-corrected chi connectivity index (χ0v) is 18.2. The van der Waals surface area contributed by atoms with Crippen LogP contribution in [0.15, 0.2) is 70.2 Å². The predicted molar refractivity (Wildman–Crippen MR) is 116 cm³/mol. The number of hydrogen-bond acceptors (Lipinski definition) is 6. The molecule has 0 aliphatic rings. The van der Waals surface area contributed by atoms with Gasteiger partial charge in [0.1, 0.15) is 10.6 Å². The van der Waals surface area contributed by atoms with E-state index in [0.717, 1.165) is 0 Å². The van der Waals surface area contributed by atoms with Gasteiger partial charge < -0.3 is 15.2 Å². The molecule has 3 N–H and O–H groups in total. The van der Waals surface area contributed by atoms with Crippen LogP contribution in [-0.2, 0) is 10.0 Å². The Morgan fingerprint density at radius 1 is 1.17 bits per heavy atom. The molecular formula is C20H18BrN3O5S. The number of halogens is 1. The van der Waals surface area contributed by atoms with Gasteiger partial charge in [-0.2, -0.15) is 0 Å². The van der Waals surface area contributed by atoms with Gasteiger partial charge in [0.25, 0.3) is 15.9 Å². The second-order valence-corrected chi connectivity index (χ2v) is 8.60. The number of benzene rings is 2. The van der Waals surface area contributed by atoms with Gasteiger partial charge in [-0.05, 0) is 61.5 Å². The summed E-state index contributed by atoms with van der Waals surface area (Å²) < 4.78 is 34.1. The summed E-state index contributed by atoms with van der Waals surface area (Å²) in [7, 11) is -3.92. The molecule has 0 bridgehead atoms. The number of hydrogen-bond donors (Lipinski definition) is 3. The van der Waals surface area contributed by atoms with Gasteiger partial charge in [0, 0.05) is 21.9 Å². The molecule has 0 atom stereocenters. The standard InChI is InChI=1S/C20H18BrN3O5S/c1-2-29-17-10-7-14(21)12-18(17)30(27,28)24-15-8-5-13(6-9-15)20(26)23-19-16(25)4-3-11-22-19/h3-12,24-25H,2H2,1H3,(H,22,23,26). The van der Waals surface area contributed by atoms with Gasteiger partial charge in [0.05, 0.1) is 6.61 Å². The van der Waals surface area contributed by atoms with Crippen LogP contribution in [0.25, 0.3) is 0 Å². The average Bonchev–Trinajstić information content (AvgIpc) is 2.71. The molecule has 0 saturated heterocycles. The van der Waals surface area contributed by atoms with Crippen molar-refractivity contribution in [2.75, 3.05) is 16.6 Å². The van der Waals surface area contributed by atoms with E-state index in [-0.39, 0.29) is 33.5 Å². The summed E-state index contributed by atoms with van der Waals surface area (Å²) in [6.07, 6.45) is 1.44. The number of rotatable bonds is 7. The Balaban J connectivity index is 1.78. The third-order valence-electron chi connectivity index (χ3n) is 3.91. The lowest BCUT2D eigenvalue weighted by atomic mass is 10.2. The van der Waals surface area contributed by atoms with Crippen LogP contribution in [0.2, 0.25) is 0 Å². The first-order valence-electron chi connectivity index (χ1n) is 8.80. The molecule has 0 spiro atoms. The van der Waals surface area contributed by atoms with E-state index in [9.17, 15) is 18.3 Å². The molecule has 0 saturated carbocycles. The molecule has 1 aromatic heterocycles. The highest BCUT2D eigenvalue weighted by Gasteiger charge is 2.21. The van der Waals surface area contributed by atoms with Crippen LogP contribution in [0, 0.1) is 0 Å². The van der Waals surface area contributed by atoms with Gasteiger partial charge in [0.2, 0.25) is 0 Å². The number of aromatic hydroxyl groups is 1. The van der Waals surface area contributed by atoms with Crippen molar-refractivity contribution in [3.05, 3.63) is 70.8 Å². The fraction of sp³-hybridized carbons (Fsp3) is 0.100. The number of amides is 1. The Labute approximate surface area is 182 Å². The number of carbonyl (C=O) groups is 1. The minimum absolute atomic E-state index is 0.00817. The van der Waals surface area contributed by atoms with Gasteiger partial charge >= 0.3 is 0 Å². The molecule has 0 radical (unpaired) electrons. The van der Waals surface area contributed by atoms with Crippen molar-refractivity contribution in [3.63, 3.8) is 0 Å². The fourth-order valence-electron chi connectivity index (χ4n) is 2.54. The summed E-state index contributed by atoms with van der Waals surface area (Å²) >= 11 is 3.27. The molecule has 0 fully saturated rings. The lowest BCUT2D eigenvalue weighted by molar-refractivity contribution is 0.102. The summed E-state index contributed by atoms with van der Waals surface area (Å²) in [5.74, 6) is -0.386. The monoisotopic (exact) mass is 491 g/mol. The fourth-order valence-corrected chi connectivity index (χ4v) is 4.28. The van der Waals surface area contributed by atoms with Crippen molar-refractivity contribution in [1.29, 1.82) is 0 Å². The van der Waals surface area contributed by atoms with Gasteiger partial charge in [-0.25, -0.2) is 13.4 Å². The first-order valence-corrected chi connectivity index (χ1v) is 11.1. The second kappa shape index (κ2) is 9.14. The highest BCUT2D eigenvalue weighted by atomic mass is 79.9. The molecular weight excluding hydrogens is 474 g/mol. The third kappa shape index (κ3) is 5.08. The van der Waals surface area contributed by atoms with E-state index in [4.69, 9.17) is 4.74 Å². The minimum Gasteiger partial charge on any atom is -0.504 e. The van der Waals surface area contributed by atoms with Gasteiger partial charge in [-0.3, -0.25) is 9.52 Å². The Hall–Kier alpha value is -3.11. The third-order valence-corrected chi connectivity index (χ3v) is 5.81. The van der Waals surface area contributed by atoms with Crippen LogP contribution in [0.1, 0.15) is 17.3 Å². The SMILES string of the molecule is CCOc1ccc(Br)cc1S(=O)(=O)Nc1ccc(C(=O)Nc2ncccc2O)cc1. The number of pyridine rings is 1. The summed E-state index contributed by atoms with van der Waals surface area (Å²) in [5.41, 5.74) is 0.537. The largest absolute Gasteiger partial charge is 0.504 e. The molecule has 3 aromatic rings. The van der Waals surface area contributed by atoms with E-state index in [0.29, 0.717) is 11.1 Å². The lowest BCUT2D eigenvalue weighted by Gasteiger charge is -2.13. The van der Waals surface area contributed by atoms with E-state index >= 15 is 0 Å². The van der Waals surface area contributed by atoms with E-state index in [1.807, 2.05) is 0 Å². The average molecular weight is 492 g/mol. The maximum atomic E-state index is 12.8. The number of nitrogens with zero attached hydrogens (tertiary/aromatic N) is 1. The highest BCUT2D eigenvalue weighted by Crippen LogP contribution is 2.29. The molecule has 30 heavy (non-hydrogen) atoms. The maximum Gasteiger partial charge on any atom is 0.265 e. The quantitative estimate of drug-likeness (QED) is 0.459. The van der Waals surface area contributed by atoms with E-state index in [1.54, 1.807) is 19.1 Å². The number of sulfonamides is 1.